The Morgan fingerprint density at radius 3 is 2.47 bits per heavy atom. The van der Waals surface area contributed by atoms with E-state index in [9.17, 15) is 0 Å². The Kier molecular flexibility index (Phi) is 5.45. The Balaban J connectivity index is 1.68. The molecule has 0 radical (unpaired) electrons. The third-order valence-electron chi connectivity index (χ3n) is 6.03. The second kappa shape index (κ2) is 8.55. The highest BCUT2D eigenvalue weighted by Crippen LogP contribution is 2.42. The molecule has 6 heteroatoms. The minimum atomic E-state index is -0.0840. The number of nitrogens with one attached hydrogen (secondary N) is 1. The molecule has 1 saturated heterocycles. The predicted molar refractivity (Wildman–Crippen MR) is 132 cm³/mol. The van der Waals surface area contributed by atoms with E-state index in [1.54, 1.807) is 6.20 Å². The van der Waals surface area contributed by atoms with Crippen LogP contribution in [0.5, 0.6) is 0 Å². The van der Waals surface area contributed by atoms with Crippen molar-refractivity contribution < 1.29 is 0 Å². The second-order valence-electron chi connectivity index (χ2n) is 7.96. The van der Waals surface area contributed by atoms with Gasteiger partial charge in [0.25, 0.3) is 0 Å². The third-order valence-corrected chi connectivity index (χ3v) is 6.35. The van der Waals surface area contributed by atoms with E-state index in [1.165, 1.54) is 5.56 Å². The molecule has 2 unspecified atom stereocenters. The smallest absolute Gasteiger partial charge is 0.174 e. The van der Waals surface area contributed by atoms with Gasteiger partial charge in [-0.15, -0.1) is 0 Å². The SMILES string of the molecule is CCc1ccc(N2C(=S)NC(c3ccccn3)C2c2ccc(C)n2-c2cccnc2)cc1. The summed E-state index contributed by atoms with van der Waals surface area (Å²) in [6.45, 7) is 4.29. The van der Waals surface area contributed by atoms with Crippen molar-refractivity contribution in [3.05, 3.63) is 108 Å². The molecule has 0 aliphatic carbocycles. The van der Waals surface area contributed by atoms with Crippen molar-refractivity contribution in [2.75, 3.05) is 4.90 Å². The Hall–Kier alpha value is -3.51. The van der Waals surface area contributed by atoms with Crippen molar-refractivity contribution >= 4 is 23.0 Å². The fourth-order valence-electron chi connectivity index (χ4n) is 4.45. The molecule has 5 rings (SSSR count). The molecule has 1 fully saturated rings. The molecule has 1 N–H and O–H groups in total. The molecule has 1 aliphatic heterocycles. The van der Waals surface area contributed by atoms with E-state index in [2.05, 4.69) is 87.1 Å². The maximum Gasteiger partial charge on any atom is 0.174 e. The highest BCUT2D eigenvalue weighted by molar-refractivity contribution is 7.80. The number of aromatic nitrogens is 3. The molecular weight excluding hydrogens is 414 g/mol. The van der Waals surface area contributed by atoms with Crippen LogP contribution in [0, 0.1) is 6.92 Å². The average molecular weight is 440 g/mol. The number of aryl methyl sites for hydroxylation is 2. The molecule has 3 aromatic heterocycles. The van der Waals surface area contributed by atoms with Gasteiger partial charge in [0.05, 0.1) is 23.6 Å². The third kappa shape index (κ3) is 3.56. The van der Waals surface area contributed by atoms with Crippen LogP contribution in [0.2, 0.25) is 0 Å². The van der Waals surface area contributed by atoms with Gasteiger partial charge in [-0.2, -0.15) is 0 Å². The topological polar surface area (TPSA) is 46.0 Å². The van der Waals surface area contributed by atoms with Crippen LogP contribution >= 0.6 is 12.2 Å². The quantitative estimate of drug-likeness (QED) is 0.427. The van der Waals surface area contributed by atoms with Crippen LogP contribution in [-0.4, -0.2) is 19.6 Å². The van der Waals surface area contributed by atoms with E-state index in [1.807, 2.05) is 30.6 Å². The number of rotatable bonds is 5. The lowest BCUT2D eigenvalue weighted by molar-refractivity contribution is 0.548. The predicted octanol–water partition coefficient (Wildman–Crippen LogP) is 5.32. The first-order valence-electron chi connectivity index (χ1n) is 10.9. The Morgan fingerprint density at radius 1 is 0.938 bits per heavy atom. The summed E-state index contributed by atoms with van der Waals surface area (Å²) in [6, 6.07) is 22.9. The van der Waals surface area contributed by atoms with E-state index >= 15 is 0 Å². The van der Waals surface area contributed by atoms with E-state index in [4.69, 9.17) is 12.2 Å². The van der Waals surface area contributed by atoms with Gasteiger partial charge in [0.1, 0.15) is 6.04 Å². The van der Waals surface area contributed by atoms with E-state index in [0.29, 0.717) is 5.11 Å². The molecule has 0 amide bonds. The molecule has 0 saturated carbocycles. The number of anilines is 1. The summed E-state index contributed by atoms with van der Waals surface area (Å²) in [7, 11) is 0. The maximum atomic E-state index is 5.87. The van der Waals surface area contributed by atoms with Crippen LogP contribution < -0.4 is 10.2 Å². The highest BCUT2D eigenvalue weighted by Gasteiger charge is 2.42. The molecule has 4 aromatic rings. The monoisotopic (exact) mass is 439 g/mol. The molecule has 160 valence electrons. The normalized spacial score (nSPS) is 18.1. The van der Waals surface area contributed by atoms with E-state index in [-0.39, 0.29) is 12.1 Å². The van der Waals surface area contributed by atoms with Crippen molar-refractivity contribution in [3.8, 4) is 5.69 Å². The fourth-order valence-corrected chi connectivity index (χ4v) is 4.80. The van der Waals surface area contributed by atoms with Gasteiger partial charge in [-0.3, -0.25) is 9.97 Å². The summed E-state index contributed by atoms with van der Waals surface area (Å²) in [5.41, 5.74) is 6.65. The minimum absolute atomic E-state index is 0.0706. The second-order valence-corrected chi connectivity index (χ2v) is 8.35. The summed E-state index contributed by atoms with van der Waals surface area (Å²) < 4.78 is 2.26. The van der Waals surface area contributed by atoms with E-state index < -0.39 is 0 Å². The van der Waals surface area contributed by atoms with Crippen molar-refractivity contribution in [2.24, 2.45) is 0 Å². The van der Waals surface area contributed by atoms with Crippen LogP contribution in [0.3, 0.4) is 0 Å². The first kappa shape index (κ1) is 20.4. The van der Waals surface area contributed by atoms with Crippen molar-refractivity contribution in [1.82, 2.24) is 19.9 Å². The van der Waals surface area contributed by atoms with Gasteiger partial charge in [-0.25, -0.2) is 0 Å². The van der Waals surface area contributed by atoms with Crippen molar-refractivity contribution in [1.29, 1.82) is 0 Å². The Labute approximate surface area is 193 Å². The summed E-state index contributed by atoms with van der Waals surface area (Å²) in [6.07, 6.45) is 6.53. The van der Waals surface area contributed by atoms with E-state index in [0.717, 1.165) is 34.9 Å². The first-order chi connectivity index (χ1) is 15.7. The van der Waals surface area contributed by atoms with Crippen LogP contribution in [0.25, 0.3) is 5.69 Å². The van der Waals surface area contributed by atoms with Crippen molar-refractivity contribution in [3.63, 3.8) is 0 Å². The highest BCUT2D eigenvalue weighted by atomic mass is 32.1. The zero-order chi connectivity index (χ0) is 22.1. The number of pyridine rings is 2. The summed E-state index contributed by atoms with van der Waals surface area (Å²) in [4.78, 5) is 11.2. The number of thiocarbonyl (C=S) groups is 1. The zero-order valence-corrected chi connectivity index (χ0v) is 19.0. The van der Waals surface area contributed by atoms with Gasteiger partial charge in [-0.1, -0.05) is 25.1 Å². The molecule has 4 heterocycles. The lowest BCUT2D eigenvalue weighted by atomic mass is 10.0. The maximum absolute atomic E-state index is 5.87. The summed E-state index contributed by atoms with van der Waals surface area (Å²) in [5, 5.41) is 4.25. The Morgan fingerprint density at radius 2 is 1.78 bits per heavy atom. The summed E-state index contributed by atoms with van der Waals surface area (Å²) >= 11 is 5.87. The fraction of sp³-hybridized carbons (Fsp3) is 0.192. The largest absolute Gasteiger partial charge is 0.351 e. The van der Waals surface area contributed by atoms with Crippen LogP contribution in [-0.2, 0) is 6.42 Å². The lowest BCUT2D eigenvalue weighted by Gasteiger charge is -2.29. The van der Waals surface area contributed by atoms with Crippen LogP contribution in [0.1, 0.15) is 41.7 Å². The minimum Gasteiger partial charge on any atom is -0.351 e. The number of nitrogens with zero attached hydrogens (tertiary/aromatic N) is 4. The van der Waals surface area contributed by atoms with Gasteiger partial charge in [0.2, 0.25) is 0 Å². The number of benzene rings is 1. The van der Waals surface area contributed by atoms with Gasteiger partial charge >= 0.3 is 0 Å². The number of hydrogen-bond donors (Lipinski definition) is 1. The first-order valence-corrected chi connectivity index (χ1v) is 11.3. The van der Waals surface area contributed by atoms with Crippen LogP contribution in [0.4, 0.5) is 5.69 Å². The molecule has 1 aliphatic rings. The average Bonchev–Trinajstić information content (AvgIpc) is 3.39. The molecule has 0 bridgehead atoms. The Bertz CT molecular complexity index is 1220. The van der Waals surface area contributed by atoms with Gasteiger partial charge in [0, 0.05) is 29.5 Å². The van der Waals surface area contributed by atoms with Crippen molar-refractivity contribution in [2.45, 2.75) is 32.4 Å². The lowest BCUT2D eigenvalue weighted by Crippen LogP contribution is -2.30. The zero-order valence-electron chi connectivity index (χ0n) is 18.1. The molecular formula is C26H25N5S. The molecule has 2 atom stereocenters. The van der Waals surface area contributed by atoms with Gasteiger partial charge < -0.3 is 14.8 Å². The molecule has 5 nitrogen and oxygen atoms in total. The standard InChI is InChI=1S/C26H25N5S/c1-3-19-10-12-20(13-11-19)31-25(24(29-26(31)32)22-8-4-5-16-28-22)23-14-9-18(2)30(23)21-7-6-15-27-17-21/h4-17,24-25H,3H2,1-2H3,(H,29,32). The van der Waals surface area contributed by atoms with Gasteiger partial charge in [0.15, 0.2) is 5.11 Å². The molecule has 0 spiro atoms. The summed E-state index contributed by atoms with van der Waals surface area (Å²) in [5.74, 6) is 0. The molecule has 1 aromatic carbocycles. The molecule has 32 heavy (non-hydrogen) atoms. The number of hydrogen-bond acceptors (Lipinski definition) is 3. The van der Waals surface area contributed by atoms with Gasteiger partial charge in [-0.05, 0) is 79.7 Å². The van der Waals surface area contributed by atoms with Crippen LogP contribution in [0.15, 0.2) is 85.3 Å².